The summed E-state index contributed by atoms with van der Waals surface area (Å²) in [5, 5.41) is 0. The molecule has 0 aliphatic rings. The number of aryl methyl sites for hydroxylation is 1. The maximum Gasteiger partial charge on any atom is 0.297 e. The quantitative estimate of drug-likeness (QED) is 0.119. The van der Waals surface area contributed by atoms with Crippen LogP contribution in [0.2, 0.25) is 0 Å². The topological polar surface area (TPSA) is 65.4 Å². The summed E-state index contributed by atoms with van der Waals surface area (Å²) >= 11 is 0. The van der Waals surface area contributed by atoms with Crippen molar-refractivity contribution in [1.82, 2.24) is 4.57 Å². The van der Waals surface area contributed by atoms with Crippen LogP contribution in [0, 0.1) is 6.92 Å². The number of nitrogens with zero attached hydrogens (tertiary/aromatic N) is 1. The molecule has 0 fully saturated rings. The van der Waals surface area contributed by atoms with Crippen LogP contribution < -0.4 is 5.56 Å². The van der Waals surface area contributed by atoms with E-state index in [0.717, 1.165) is 11.1 Å². The van der Waals surface area contributed by atoms with Crippen LogP contribution in [0.3, 0.4) is 0 Å². The molecular weight excluding hydrogens is 599 g/mol. The third-order valence-corrected chi connectivity index (χ3v) is 9.45. The summed E-state index contributed by atoms with van der Waals surface area (Å²) in [5.74, 6) is 0. The predicted octanol–water partition coefficient (Wildman–Crippen LogP) is -5.65. The molecule has 1 heterocycles. The molecule has 49 heavy (non-hydrogen) atoms. The molecule has 25 radical (unpaired) electrons. The van der Waals surface area contributed by atoms with Crippen molar-refractivity contribution in [2.24, 2.45) is 0 Å². The van der Waals surface area contributed by atoms with Crippen LogP contribution in [-0.2, 0) is 27.5 Å². The van der Waals surface area contributed by atoms with Gasteiger partial charge in [-0.05, 0) is 36.2 Å². The van der Waals surface area contributed by atoms with Gasteiger partial charge in [0.05, 0.1) is 18.0 Å². The van der Waals surface area contributed by atoms with Crippen molar-refractivity contribution in [2.75, 3.05) is 0 Å². The van der Waals surface area contributed by atoms with Gasteiger partial charge in [0.1, 0.15) is 0 Å². The Morgan fingerprint density at radius 2 is 1.16 bits per heavy atom. The van der Waals surface area contributed by atoms with Gasteiger partial charge in [-0.1, -0.05) is 48.0 Å². The fourth-order valence-corrected chi connectivity index (χ4v) is 6.57. The highest BCUT2D eigenvalue weighted by molar-refractivity contribution is 8.22. The summed E-state index contributed by atoms with van der Waals surface area (Å²) in [5.41, 5.74) is 2.28. The second kappa shape index (κ2) is 20.7. The first-order valence-corrected chi connectivity index (χ1v) is 16.9. The lowest BCUT2D eigenvalue weighted by atomic mass is 8.36. The predicted molar refractivity (Wildman–Crippen MR) is 232 cm³/mol. The average Bonchev–Trinajstić information content (AvgIpc) is 3.01. The number of hydrogen-bond acceptors (Lipinski definition) is 4. The van der Waals surface area contributed by atoms with Gasteiger partial charge >= 0.3 is 0 Å². The monoisotopic (exact) mass is 622 g/mol. The van der Waals surface area contributed by atoms with E-state index in [4.69, 9.17) is 97.0 Å². The van der Waals surface area contributed by atoms with Crippen LogP contribution in [0.25, 0.3) is 0 Å². The minimum atomic E-state index is -3.86. The van der Waals surface area contributed by atoms with Gasteiger partial charge in [-0.3, -0.25) is 8.98 Å². The number of aromatic nitrogens is 1. The van der Waals surface area contributed by atoms with Gasteiger partial charge in [-0.25, -0.2) is 0 Å². The third kappa shape index (κ3) is 13.4. The van der Waals surface area contributed by atoms with E-state index in [1.54, 1.807) is 29.0 Å². The second-order valence-electron chi connectivity index (χ2n) is 12.0. The Morgan fingerprint density at radius 1 is 0.673 bits per heavy atom. The first kappa shape index (κ1) is 44.0. The molecule has 0 aliphatic heterocycles. The van der Waals surface area contributed by atoms with Gasteiger partial charge in [-0.15, -0.1) is 0 Å². The second-order valence-corrected chi connectivity index (χ2v) is 13.6. The number of hydrogen-bond donors (Lipinski definition) is 0. The van der Waals surface area contributed by atoms with Crippen molar-refractivity contribution in [3.8, 4) is 0 Å². The fourth-order valence-electron chi connectivity index (χ4n) is 5.68. The fraction of sp³-hybridized carbons (Fsp3) is 0.150. The number of pyridine rings is 1. The van der Waals surface area contributed by atoms with E-state index < -0.39 is 74.0 Å². The lowest BCUT2D eigenvalue weighted by Gasteiger charge is -2.45. The largest absolute Gasteiger partial charge is 0.311 e. The standard InChI is InChI=1S/C20H19NO4S.B23/c1-16-7-9-19(10-8-16)26(23,24)25-15-18-11-12-21(20(22)13-18)14-17-5-3-2-4-6-17;1-13-19(12)22(18(10)11)23(20(14(2)3)15(4)5)21(16(6)7)17(8)9/h2-13H,14-15H2,1H3;. The SMILES string of the molecule is Cc1ccc(S(=O)(=O)OCc2ccn(Cc3ccccc3)c(=O)c2)cc1.[B][B]B([B])B(B([B])[B])B(B(B([B])[B])B([B])[B])B(B([B])[B])B([B])[B]. The summed E-state index contributed by atoms with van der Waals surface area (Å²) in [4.78, 5) is 12.3. The van der Waals surface area contributed by atoms with Crippen molar-refractivity contribution in [3.05, 3.63) is 100.0 Å². The van der Waals surface area contributed by atoms with Crippen LogP contribution in [0.1, 0.15) is 16.7 Å². The van der Waals surface area contributed by atoms with Crippen molar-refractivity contribution in [3.63, 3.8) is 0 Å². The Balaban J connectivity index is 0.000000344. The molecule has 0 N–H and O–H groups in total. The van der Waals surface area contributed by atoms with Crippen LogP contribution in [-0.4, -0.2) is 177 Å². The van der Waals surface area contributed by atoms with Crippen LogP contribution in [0.5, 0.6) is 0 Å². The Hall–Kier alpha value is -1.21. The summed E-state index contributed by atoms with van der Waals surface area (Å²) in [6, 6.07) is 19.1. The molecule has 0 saturated carbocycles. The van der Waals surface area contributed by atoms with E-state index in [0.29, 0.717) is 12.1 Å². The van der Waals surface area contributed by atoms with E-state index >= 15 is 0 Å². The third-order valence-electron chi connectivity index (χ3n) is 8.17. The molecule has 29 heteroatoms. The number of benzene rings is 2. The highest BCUT2D eigenvalue weighted by Crippen LogP contribution is 2.15. The Bertz CT molecular complexity index is 1550. The van der Waals surface area contributed by atoms with E-state index in [-0.39, 0.29) is 17.1 Å². The van der Waals surface area contributed by atoms with Crippen molar-refractivity contribution < 1.29 is 12.6 Å². The molecule has 0 unspecified atom stereocenters. The first-order chi connectivity index (χ1) is 22.9. The molecule has 0 amide bonds. The summed E-state index contributed by atoms with van der Waals surface area (Å²) in [6.07, 6.45) is -6.38. The molecule has 0 bridgehead atoms. The molecule has 3 rings (SSSR count). The van der Waals surface area contributed by atoms with Gasteiger partial charge in [0.2, 0.25) is 0 Å². The summed E-state index contributed by atoms with van der Waals surface area (Å²) in [7, 11) is 67.5. The van der Waals surface area contributed by atoms with Crippen molar-refractivity contribution in [2.45, 2.75) is 25.0 Å². The molecule has 0 aliphatic carbocycles. The zero-order chi connectivity index (χ0) is 37.1. The lowest BCUT2D eigenvalue weighted by Crippen LogP contribution is -2.83. The molecule has 3 aromatic rings. The summed E-state index contributed by atoms with van der Waals surface area (Å²) < 4.78 is 31.1. The molecule has 0 atom stereocenters. The molecule has 2 aromatic carbocycles. The zero-order valence-electron chi connectivity index (χ0n) is 27.6. The summed E-state index contributed by atoms with van der Waals surface area (Å²) in [6.45, 7) is 2.15. The van der Waals surface area contributed by atoms with E-state index in [1.807, 2.05) is 37.3 Å². The smallest absolute Gasteiger partial charge is 0.297 e. The minimum absolute atomic E-state index is 0.0977. The molecule has 5 nitrogen and oxygen atoms in total. The Morgan fingerprint density at radius 3 is 1.59 bits per heavy atom. The van der Waals surface area contributed by atoms with Crippen LogP contribution >= 0.6 is 0 Å². The molecule has 0 saturated heterocycles. The highest BCUT2D eigenvalue weighted by Gasteiger charge is 2.47. The van der Waals surface area contributed by atoms with E-state index in [2.05, 4.69) is 0 Å². The normalized spacial score (nSPS) is 10.4. The molecule has 0 spiro atoms. The Labute approximate surface area is 314 Å². The Kier molecular flexibility index (Phi) is 18.6. The van der Waals surface area contributed by atoms with Gasteiger partial charge in [0.25, 0.3) is 15.7 Å². The lowest BCUT2D eigenvalue weighted by molar-refractivity contribution is 0.307. The zero-order valence-corrected chi connectivity index (χ0v) is 28.4. The average molecular weight is 618 g/mol. The number of rotatable bonds is 16. The van der Waals surface area contributed by atoms with Crippen LogP contribution in [0.4, 0.5) is 0 Å². The van der Waals surface area contributed by atoms with Gasteiger partial charge in [0, 0.05) is 176 Å². The van der Waals surface area contributed by atoms with E-state index in [1.165, 1.54) is 25.3 Å². The molecular formula is C20H19B23NO4S. The highest BCUT2D eigenvalue weighted by atomic mass is 32.2. The van der Waals surface area contributed by atoms with Gasteiger partial charge in [0.15, 0.2) is 0 Å². The van der Waals surface area contributed by atoms with E-state index in [9.17, 15) is 13.2 Å². The van der Waals surface area contributed by atoms with Crippen molar-refractivity contribution in [1.29, 1.82) is 0 Å². The molecule has 1 aromatic heterocycles. The first-order valence-electron chi connectivity index (χ1n) is 15.5. The van der Waals surface area contributed by atoms with Crippen LogP contribution in [0.15, 0.2) is 82.6 Å². The maximum atomic E-state index is 12.2. The van der Waals surface area contributed by atoms with Gasteiger partial charge in [-0.2, -0.15) is 8.42 Å². The van der Waals surface area contributed by atoms with Gasteiger partial charge < -0.3 is 4.57 Å². The molecule has 203 valence electrons. The maximum absolute atomic E-state index is 12.2. The van der Waals surface area contributed by atoms with Crippen molar-refractivity contribution >= 4 is 174 Å². The minimum Gasteiger partial charge on any atom is -0.311 e.